The van der Waals surface area contributed by atoms with Crippen LogP contribution in [0.3, 0.4) is 0 Å². The zero-order valence-electron chi connectivity index (χ0n) is 14.2. The standard InChI is InChI=1S/C20H23FO4/c1-22-20-18(21)19(24-13-16-10-6-3-7-11-16)17(25-20)14-23-12-15-8-4-2-5-9-15/h2-11,17-20H,12-14H2,1H3/t17-,18-,19-,20+/m1/s1. The largest absolute Gasteiger partial charge is 0.374 e. The molecular weight excluding hydrogens is 323 g/mol. The van der Waals surface area contributed by atoms with E-state index in [0.29, 0.717) is 13.2 Å². The van der Waals surface area contributed by atoms with Crippen molar-refractivity contribution < 1.29 is 23.3 Å². The minimum Gasteiger partial charge on any atom is -0.374 e. The molecule has 0 unspecified atom stereocenters. The molecule has 3 rings (SSSR count). The predicted octanol–water partition coefficient (Wildman–Crippen LogP) is 3.50. The Bertz CT molecular complexity index is 622. The molecule has 1 fully saturated rings. The highest BCUT2D eigenvalue weighted by Crippen LogP contribution is 2.28. The van der Waals surface area contributed by atoms with Gasteiger partial charge in [-0.1, -0.05) is 60.7 Å². The average molecular weight is 346 g/mol. The molecule has 4 nitrogen and oxygen atoms in total. The van der Waals surface area contributed by atoms with Gasteiger partial charge in [0.1, 0.15) is 12.2 Å². The maximum atomic E-state index is 14.5. The number of halogens is 1. The summed E-state index contributed by atoms with van der Waals surface area (Å²) in [4.78, 5) is 0. The number of methoxy groups -OCH3 is 1. The summed E-state index contributed by atoms with van der Waals surface area (Å²) in [6.07, 6.45) is -3.50. The number of benzene rings is 2. The number of hydrogen-bond acceptors (Lipinski definition) is 4. The van der Waals surface area contributed by atoms with Crippen LogP contribution in [0, 0.1) is 0 Å². The van der Waals surface area contributed by atoms with Crippen LogP contribution in [0.25, 0.3) is 0 Å². The summed E-state index contributed by atoms with van der Waals surface area (Å²) in [6, 6.07) is 19.5. The van der Waals surface area contributed by atoms with Gasteiger partial charge < -0.3 is 18.9 Å². The number of ether oxygens (including phenoxy) is 4. The van der Waals surface area contributed by atoms with Crippen molar-refractivity contribution in [3.63, 3.8) is 0 Å². The molecule has 0 N–H and O–H groups in total. The topological polar surface area (TPSA) is 36.9 Å². The van der Waals surface area contributed by atoms with Crippen LogP contribution in [0.4, 0.5) is 4.39 Å². The van der Waals surface area contributed by atoms with Gasteiger partial charge in [0.05, 0.1) is 19.8 Å². The smallest absolute Gasteiger partial charge is 0.191 e. The van der Waals surface area contributed by atoms with Gasteiger partial charge in [-0.2, -0.15) is 0 Å². The predicted molar refractivity (Wildman–Crippen MR) is 91.7 cm³/mol. The van der Waals surface area contributed by atoms with Crippen molar-refractivity contribution in [2.45, 2.75) is 37.9 Å². The summed E-state index contributed by atoms with van der Waals surface area (Å²) in [6.45, 7) is 1.01. The highest BCUT2D eigenvalue weighted by molar-refractivity contribution is 5.14. The van der Waals surface area contributed by atoms with E-state index in [1.807, 2.05) is 60.7 Å². The Kier molecular flexibility index (Phi) is 6.53. The third-order valence-corrected chi connectivity index (χ3v) is 4.16. The summed E-state index contributed by atoms with van der Waals surface area (Å²) in [5.74, 6) is 0. The highest BCUT2D eigenvalue weighted by Gasteiger charge is 2.46. The van der Waals surface area contributed by atoms with Crippen LogP contribution in [0.15, 0.2) is 60.7 Å². The zero-order valence-corrected chi connectivity index (χ0v) is 14.2. The van der Waals surface area contributed by atoms with Gasteiger partial charge in [0, 0.05) is 7.11 Å². The molecular formula is C20H23FO4. The van der Waals surface area contributed by atoms with Crippen molar-refractivity contribution in [2.24, 2.45) is 0 Å². The van der Waals surface area contributed by atoms with Gasteiger partial charge >= 0.3 is 0 Å². The summed E-state index contributed by atoms with van der Waals surface area (Å²) < 4.78 is 36.7. The van der Waals surface area contributed by atoms with Crippen molar-refractivity contribution in [3.8, 4) is 0 Å². The van der Waals surface area contributed by atoms with Gasteiger partial charge in [-0.25, -0.2) is 4.39 Å². The quantitative estimate of drug-likeness (QED) is 0.733. The SMILES string of the molecule is CO[C@H]1O[C@H](COCc2ccccc2)[C@@H](OCc2ccccc2)[C@H]1F. The lowest BCUT2D eigenvalue weighted by atomic mass is 10.1. The third kappa shape index (κ3) is 4.86. The van der Waals surface area contributed by atoms with Crippen LogP contribution < -0.4 is 0 Å². The Morgan fingerprint density at radius 3 is 2.12 bits per heavy atom. The molecule has 0 spiro atoms. The fraction of sp³-hybridized carbons (Fsp3) is 0.400. The van der Waals surface area contributed by atoms with Crippen LogP contribution >= 0.6 is 0 Å². The lowest BCUT2D eigenvalue weighted by Gasteiger charge is -2.20. The zero-order chi connectivity index (χ0) is 17.5. The van der Waals surface area contributed by atoms with Gasteiger partial charge in [0.2, 0.25) is 0 Å². The Morgan fingerprint density at radius 2 is 1.52 bits per heavy atom. The molecule has 0 amide bonds. The van der Waals surface area contributed by atoms with Gasteiger partial charge in [-0.3, -0.25) is 0 Å². The monoisotopic (exact) mass is 346 g/mol. The van der Waals surface area contributed by atoms with Gasteiger partial charge in [0.15, 0.2) is 12.5 Å². The molecule has 0 saturated carbocycles. The molecule has 0 aliphatic carbocycles. The van der Waals surface area contributed by atoms with Crippen molar-refractivity contribution in [1.29, 1.82) is 0 Å². The molecule has 0 aromatic heterocycles. The molecule has 1 heterocycles. The lowest BCUT2D eigenvalue weighted by Crippen LogP contribution is -2.35. The third-order valence-electron chi connectivity index (χ3n) is 4.16. The van der Waals surface area contributed by atoms with E-state index in [2.05, 4.69) is 0 Å². The van der Waals surface area contributed by atoms with Crippen LogP contribution in [0.1, 0.15) is 11.1 Å². The van der Waals surface area contributed by atoms with Crippen LogP contribution in [0.2, 0.25) is 0 Å². The fourth-order valence-electron chi connectivity index (χ4n) is 2.84. The van der Waals surface area contributed by atoms with E-state index in [4.69, 9.17) is 18.9 Å². The minimum atomic E-state index is -1.35. The first-order valence-corrected chi connectivity index (χ1v) is 8.37. The van der Waals surface area contributed by atoms with Crippen molar-refractivity contribution >= 4 is 0 Å². The van der Waals surface area contributed by atoms with E-state index in [1.54, 1.807) is 0 Å². The van der Waals surface area contributed by atoms with Crippen LogP contribution in [-0.2, 0) is 32.2 Å². The Hall–Kier alpha value is -1.79. The normalized spacial score (nSPS) is 26.0. The summed E-state index contributed by atoms with van der Waals surface area (Å²) in [5, 5.41) is 0. The molecule has 25 heavy (non-hydrogen) atoms. The molecule has 5 heteroatoms. The van der Waals surface area contributed by atoms with Gasteiger partial charge in [-0.15, -0.1) is 0 Å². The van der Waals surface area contributed by atoms with Crippen molar-refractivity contribution in [3.05, 3.63) is 71.8 Å². The molecule has 0 radical (unpaired) electrons. The molecule has 4 atom stereocenters. The minimum absolute atomic E-state index is 0.245. The van der Waals surface area contributed by atoms with E-state index in [1.165, 1.54) is 7.11 Å². The van der Waals surface area contributed by atoms with Crippen LogP contribution in [0.5, 0.6) is 0 Å². The average Bonchev–Trinajstić information content (AvgIpc) is 2.97. The summed E-state index contributed by atoms with van der Waals surface area (Å²) in [5.41, 5.74) is 2.04. The van der Waals surface area contributed by atoms with Crippen LogP contribution in [-0.4, -0.2) is 38.4 Å². The van der Waals surface area contributed by atoms with Crippen molar-refractivity contribution in [1.82, 2.24) is 0 Å². The number of rotatable bonds is 8. The van der Waals surface area contributed by atoms with E-state index < -0.39 is 24.7 Å². The molecule has 2 aromatic carbocycles. The summed E-state index contributed by atoms with van der Waals surface area (Å²) in [7, 11) is 1.43. The van der Waals surface area contributed by atoms with E-state index in [0.717, 1.165) is 11.1 Å². The van der Waals surface area contributed by atoms with Gasteiger partial charge in [-0.05, 0) is 11.1 Å². The lowest BCUT2D eigenvalue weighted by molar-refractivity contribution is -0.147. The first kappa shape index (κ1) is 18.0. The molecule has 134 valence electrons. The first-order valence-electron chi connectivity index (χ1n) is 8.37. The van der Waals surface area contributed by atoms with Gasteiger partial charge in [0.25, 0.3) is 0 Å². The molecule has 1 aliphatic rings. The second-order valence-corrected chi connectivity index (χ2v) is 5.98. The highest BCUT2D eigenvalue weighted by atomic mass is 19.1. The molecule has 1 aliphatic heterocycles. The maximum Gasteiger partial charge on any atom is 0.191 e. The van der Waals surface area contributed by atoms with E-state index >= 15 is 0 Å². The van der Waals surface area contributed by atoms with Crippen molar-refractivity contribution in [2.75, 3.05) is 13.7 Å². The molecule has 0 bridgehead atoms. The fourth-order valence-corrected chi connectivity index (χ4v) is 2.84. The molecule has 1 saturated heterocycles. The Balaban J connectivity index is 1.55. The number of hydrogen-bond donors (Lipinski definition) is 0. The van der Waals surface area contributed by atoms with E-state index in [9.17, 15) is 4.39 Å². The Morgan fingerprint density at radius 1 is 0.920 bits per heavy atom. The maximum absolute atomic E-state index is 14.5. The first-order chi connectivity index (χ1) is 12.3. The number of alkyl halides is 1. The Labute approximate surface area is 147 Å². The molecule has 2 aromatic rings. The van der Waals surface area contributed by atoms with E-state index in [-0.39, 0.29) is 6.61 Å². The second-order valence-electron chi connectivity index (χ2n) is 5.98. The second kappa shape index (κ2) is 9.06. The summed E-state index contributed by atoms with van der Waals surface area (Å²) >= 11 is 0.